The van der Waals surface area contributed by atoms with Crippen LogP contribution in [0.2, 0.25) is 0 Å². The molecule has 1 saturated heterocycles. The Bertz CT molecular complexity index is 734. The zero-order valence-corrected chi connectivity index (χ0v) is 15.8. The molecule has 1 aliphatic heterocycles. The molecule has 0 saturated carbocycles. The highest BCUT2D eigenvalue weighted by atomic mass is 16.3. The number of hydrogen-bond donors (Lipinski definition) is 2. The highest BCUT2D eigenvalue weighted by molar-refractivity contribution is 5.84. The summed E-state index contributed by atoms with van der Waals surface area (Å²) in [6, 6.07) is 7.78. The molecule has 3 rings (SSSR count). The van der Waals surface area contributed by atoms with Crippen molar-refractivity contribution in [3.8, 4) is 0 Å². The molecule has 0 spiro atoms. The van der Waals surface area contributed by atoms with Crippen LogP contribution in [0.3, 0.4) is 0 Å². The van der Waals surface area contributed by atoms with E-state index in [2.05, 4.69) is 21.7 Å². The van der Waals surface area contributed by atoms with E-state index in [4.69, 9.17) is 4.98 Å². The van der Waals surface area contributed by atoms with Gasteiger partial charge >= 0.3 is 0 Å². The minimum absolute atomic E-state index is 0.0578. The van der Waals surface area contributed by atoms with Crippen LogP contribution in [0.15, 0.2) is 24.3 Å². The first-order valence-corrected chi connectivity index (χ1v) is 9.78. The van der Waals surface area contributed by atoms with Crippen LogP contribution in [0.4, 0.5) is 0 Å². The monoisotopic (exact) mass is 358 g/mol. The summed E-state index contributed by atoms with van der Waals surface area (Å²) in [6.45, 7) is 7.40. The number of aliphatic hydroxyl groups excluding tert-OH is 1. The Morgan fingerprint density at radius 3 is 2.73 bits per heavy atom. The first-order valence-electron chi connectivity index (χ1n) is 9.78. The maximum absolute atomic E-state index is 12.9. The fraction of sp³-hybridized carbons (Fsp3) is 0.600. The molecular weight excluding hydrogens is 328 g/mol. The van der Waals surface area contributed by atoms with Gasteiger partial charge < -0.3 is 19.9 Å². The molecule has 0 aliphatic carbocycles. The summed E-state index contributed by atoms with van der Waals surface area (Å²) < 4.78 is 2.10. The molecule has 1 aromatic heterocycles. The topological polar surface area (TPSA) is 70.4 Å². The Kier molecular flexibility index (Phi) is 6.27. The Balaban J connectivity index is 1.66. The number of nitrogens with zero attached hydrogens (tertiary/aromatic N) is 3. The lowest BCUT2D eigenvalue weighted by Crippen LogP contribution is -2.42. The third-order valence-corrected chi connectivity index (χ3v) is 5.27. The number of carbonyl (C=O) groups excluding carboxylic acids is 1. The van der Waals surface area contributed by atoms with E-state index in [9.17, 15) is 9.90 Å². The number of para-hydroxylation sites is 2. The van der Waals surface area contributed by atoms with Crippen LogP contribution in [0.1, 0.15) is 45.0 Å². The predicted molar refractivity (Wildman–Crippen MR) is 103 cm³/mol. The molecular formula is C20H30N4O2. The van der Waals surface area contributed by atoms with Crippen LogP contribution in [-0.2, 0) is 11.2 Å². The Morgan fingerprint density at radius 2 is 2.04 bits per heavy atom. The normalized spacial score (nSPS) is 17.5. The number of likely N-dealkylation sites (tertiary alicyclic amines) is 1. The van der Waals surface area contributed by atoms with Gasteiger partial charge in [-0.05, 0) is 31.4 Å². The zero-order valence-electron chi connectivity index (χ0n) is 15.8. The maximum Gasteiger partial charge on any atom is 0.243 e. The van der Waals surface area contributed by atoms with Crippen LogP contribution >= 0.6 is 0 Å². The lowest BCUT2D eigenvalue weighted by molar-refractivity contribution is -0.124. The molecule has 1 aliphatic rings. The van der Waals surface area contributed by atoms with Crippen LogP contribution in [0.25, 0.3) is 11.0 Å². The van der Waals surface area contributed by atoms with Gasteiger partial charge in [0, 0.05) is 32.6 Å². The van der Waals surface area contributed by atoms with Gasteiger partial charge in [0.15, 0.2) is 0 Å². The number of aromatic nitrogens is 2. The standard InChI is InChI=1S/C20H30N4O2/c1-3-17(20(26)21-11-14-23-12-9-15(25)10-13-23)24-18-8-6-5-7-16(18)22-19(24)4-2/h5-8,15,17,25H,3-4,9-14H2,1-2H3,(H,21,26). The summed E-state index contributed by atoms with van der Waals surface area (Å²) in [4.78, 5) is 19.9. The number of piperidine rings is 1. The molecule has 2 heterocycles. The van der Waals surface area contributed by atoms with Crippen molar-refractivity contribution in [1.82, 2.24) is 19.8 Å². The lowest BCUT2D eigenvalue weighted by Gasteiger charge is -2.29. The van der Waals surface area contributed by atoms with E-state index in [-0.39, 0.29) is 18.1 Å². The zero-order chi connectivity index (χ0) is 18.5. The number of amides is 1. The summed E-state index contributed by atoms with van der Waals surface area (Å²) in [6.07, 6.45) is 3.02. The van der Waals surface area contributed by atoms with Crippen LogP contribution < -0.4 is 5.32 Å². The van der Waals surface area contributed by atoms with Crippen LogP contribution in [0, 0.1) is 0 Å². The van der Waals surface area contributed by atoms with Gasteiger partial charge in [-0.25, -0.2) is 4.98 Å². The van der Waals surface area contributed by atoms with Crippen molar-refractivity contribution in [2.24, 2.45) is 0 Å². The predicted octanol–water partition coefficient (Wildman–Crippen LogP) is 2.12. The van der Waals surface area contributed by atoms with E-state index >= 15 is 0 Å². The first kappa shape index (κ1) is 18.9. The second-order valence-electron chi connectivity index (χ2n) is 7.03. The van der Waals surface area contributed by atoms with Gasteiger partial charge in [-0.2, -0.15) is 0 Å². The molecule has 1 unspecified atom stereocenters. The largest absolute Gasteiger partial charge is 0.393 e. The number of aryl methyl sites for hydroxylation is 1. The molecule has 6 heteroatoms. The molecule has 1 amide bonds. The minimum Gasteiger partial charge on any atom is -0.393 e. The average molecular weight is 358 g/mol. The van der Waals surface area contributed by atoms with E-state index < -0.39 is 0 Å². The Morgan fingerprint density at radius 1 is 1.31 bits per heavy atom. The molecule has 1 aromatic carbocycles. The number of carbonyl (C=O) groups is 1. The second-order valence-corrected chi connectivity index (χ2v) is 7.03. The molecule has 1 fully saturated rings. The fourth-order valence-electron chi connectivity index (χ4n) is 3.77. The summed E-state index contributed by atoms with van der Waals surface area (Å²) in [5, 5.41) is 12.7. The van der Waals surface area contributed by atoms with Crippen LogP contribution in [0.5, 0.6) is 0 Å². The summed E-state index contributed by atoms with van der Waals surface area (Å²) in [5.41, 5.74) is 1.97. The third kappa shape index (κ3) is 4.07. The second kappa shape index (κ2) is 8.64. The first-order chi connectivity index (χ1) is 12.6. The van der Waals surface area contributed by atoms with Gasteiger partial charge in [-0.3, -0.25) is 4.79 Å². The number of rotatable bonds is 7. The van der Waals surface area contributed by atoms with E-state index in [1.165, 1.54) is 0 Å². The molecule has 142 valence electrons. The number of aliphatic hydroxyl groups is 1. The smallest absolute Gasteiger partial charge is 0.243 e. The van der Waals surface area contributed by atoms with E-state index in [1.54, 1.807) is 0 Å². The van der Waals surface area contributed by atoms with Crippen molar-refractivity contribution in [3.05, 3.63) is 30.1 Å². The van der Waals surface area contributed by atoms with Gasteiger partial charge in [0.05, 0.1) is 17.1 Å². The highest BCUT2D eigenvalue weighted by Crippen LogP contribution is 2.24. The number of benzene rings is 1. The molecule has 1 atom stereocenters. The van der Waals surface area contributed by atoms with Crippen molar-refractivity contribution >= 4 is 16.9 Å². The van der Waals surface area contributed by atoms with Crippen molar-refractivity contribution in [1.29, 1.82) is 0 Å². The van der Waals surface area contributed by atoms with E-state index in [1.807, 2.05) is 31.2 Å². The molecule has 2 N–H and O–H groups in total. The number of imidazole rings is 1. The SMILES string of the molecule is CCc1nc2ccccc2n1C(CC)C(=O)NCCN1CCC(O)CC1. The molecule has 2 aromatic rings. The lowest BCUT2D eigenvalue weighted by atomic mass is 10.1. The van der Waals surface area contributed by atoms with E-state index in [0.717, 1.165) is 62.2 Å². The summed E-state index contributed by atoms with van der Waals surface area (Å²) >= 11 is 0. The van der Waals surface area contributed by atoms with Crippen molar-refractivity contribution in [2.75, 3.05) is 26.2 Å². The fourth-order valence-corrected chi connectivity index (χ4v) is 3.77. The van der Waals surface area contributed by atoms with Crippen molar-refractivity contribution in [2.45, 2.75) is 51.7 Å². The molecule has 0 bridgehead atoms. The van der Waals surface area contributed by atoms with Crippen LogP contribution in [-0.4, -0.2) is 57.7 Å². The summed E-state index contributed by atoms with van der Waals surface area (Å²) in [5.74, 6) is 1.01. The quantitative estimate of drug-likeness (QED) is 0.795. The van der Waals surface area contributed by atoms with Crippen molar-refractivity contribution < 1.29 is 9.90 Å². The van der Waals surface area contributed by atoms with Crippen molar-refractivity contribution in [3.63, 3.8) is 0 Å². The maximum atomic E-state index is 12.9. The van der Waals surface area contributed by atoms with Gasteiger partial charge in [-0.15, -0.1) is 0 Å². The Hall–Kier alpha value is -1.92. The third-order valence-electron chi connectivity index (χ3n) is 5.27. The number of hydrogen-bond acceptors (Lipinski definition) is 4. The van der Waals surface area contributed by atoms with Gasteiger partial charge in [0.1, 0.15) is 11.9 Å². The highest BCUT2D eigenvalue weighted by Gasteiger charge is 2.23. The minimum atomic E-state index is -0.236. The van der Waals surface area contributed by atoms with Gasteiger partial charge in [0.2, 0.25) is 5.91 Å². The molecule has 0 radical (unpaired) electrons. The van der Waals surface area contributed by atoms with Gasteiger partial charge in [0.25, 0.3) is 0 Å². The number of nitrogens with one attached hydrogen (secondary N) is 1. The average Bonchev–Trinajstić information content (AvgIpc) is 3.03. The molecule has 26 heavy (non-hydrogen) atoms. The van der Waals surface area contributed by atoms with Gasteiger partial charge in [-0.1, -0.05) is 26.0 Å². The summed E-state index contributed by atoms with van der Waals surface area (Å²) in [7, 11) is 0. The number of fused-ring (bicyclic) bond motifs is 1. The van der Waals surface area contributed by atoms with E-state index in [0.29, 0.717) is 6.54 Å². The molecule has 6 nitrogen and oxygen atoms in total. The Labute approximate surface area is 155 Å².